The molecule has 2 nitrogen and oxygen atoms in total. The number of alkyl halides is 1. The van der Waals surface area contributed by atoms with E-state index in [4.69, 9.17) is 21.8 Å². The Balaban J connectivity index is 3.58. The van der Waals surface area contributed by atoms with Crippen LogP contribution in [0.3, 0.4) is 0 Å². The molecule has 0 rings (SSSR count). The molecular weight excluding hydrogens is 152 g/mol. The van der Waals surface area contributed by atoms with Gasteiger partial charge in [0.25, 0.3) is 0 Å². The van der Waals surface area contributed by atoms with Crippen molar-refractivity contribution in [3.05, 3.63) is 0 Å². The Morgan fingerprint density at radius 3 is 2.20 bits per heavy atom. The van der Waals surface area contributed by atoms with Gasteiger partial charge in [-0.2, -0.15) is 0 Å². The lowest BCUT2D eigenvalue weighted by Gasteiger charge is -2.18. The first-order valence-corrected chi connectivity index (χ1v) is 4.03. The molecule has 2 N–H and O–H groups in total. The van der Waals surface area contributed by atoms with Crippen molar-refractivity contribution >= 4 is 11.6 Å². The minimum Gasteiger partial charge on any atom is -0.368 e. The van der Waals surface area contributed by atoms with Crippen molar-refractivity contribution in [1.82, 2.24) is 0 Å². The maximum Gasteiger partial charge on any atom is 0.155 e. The normalized spacial score (nSPS) is 17.4. The summed E-state index contributed by atoms with van der Waals surface area (Å²) in [5.74, 6) is -0.235. The molecule has 0 heterocycles. The highest BCUT2D eigenvalue weighted by Gasteiger charge is 2.19. The number of aliphatic hydroxyl groups excluding tert-OH is 1. The van der Waals surface area contributed by atoms with Crippen molar-refractivity contribution in [1.29, 1.82) is 0 Å². The van der Waals surface area contributed by atoms with Gasteiger partial charge in [-0.25, -0.2) is 0 Å². The SMILES string of the molecule is CCCC(Cl)C(C)C(O)O. The highest BCUT2D eigenvalue weighted by molar-refractivity contribution is 6.20. The minimum absolute atomic E-state index is 0.120. The topological polar surface area (TPSA) is 40.5 Å². The van der Waals surface area contributed by atoms with Gasteiger partial charge < -0.3 is 10.2 Å². The van der Waals surface area contributed by atoms with E-state index in [0.717, 1.165) is 12.8 Å². The van der Waals surface area contributed by atoms with Crippen LogP contribution in [0.2, 0.25) is 0 Å². The molecule has 0 saturated heterocycles. The van der Waals surface area contributed by atoms with E-state index in [2.05, 4.69) is 0 Å². The van der Waals surface area contributed by atoms with Gasteiger partial charge in [-0.1, -0.05) is 20.3 Å². The number of aliphatic hydroxyl groups is 2. The zero-order valence-corrected chi connectivity index (χ0v) is 7.17. The van der Waals surface area contributed by atoms with Crippen LogP contribution in [-0.4, -0.2) is 21.9 Å². The van der Waals surface area contributed by atoms with Crippen LogP contribution in [0.25, 0.3) is 0 Å². The second-order valence-corrected chi connectivity index (χ2v) is 3.14. The summed E-state index contributed by atoms with van der Waals surface area (Å²) in [6.07, 6.45) is 0.528. The predicted molar refractivity (Wildman–Crippen MR) is 41.9 cm³/mol. The third kappa shape index (κ3) is 3.40. The molecule has 62 valence electrons. The summed E-state index contributed by atoms with van der Waals surface area (Å²) in [5.41, 5.74) is 0. The molecule has 0 aliphatic carbocycles. The quantitative estimate of drug-likeness (QED) is 0.489. The lowest BCUT2D eigenvalue weighted by atomic mass is 10.0. The molecule has 0 amide bonds. The average molecular weight is 167 g/mol. The molecule has 0 spiro atoms. The fourth-order valence-corrected chi connectivity index (χ4v) is 1.07. The molecule has 0 saturated carbocycles. The molecular formula is C7H15ClO2. The van der Waals surface area contributed by atoms with E-state index in [1.54, 1.807) is 6.92 Å². The summed E-state index contributed by atoms with van der Waals surface area (Å²) < 4.78 is 0. The summed E-state index contributed by atoms with van der Waals surface area (Å²) >= 11 is 5.81. The highest BCUT2D eigenvalue weighted by atomic mass is 35.5. The molecule has 0 fully saturated rings. The zero-order chi connectivity index (χ0) is 8.15. The number of hydrogen-bond acceptors (Lipinski definition) is 2. The van der Waals surface area contributed by atoms with E-state index >= 15 is 0 Å². The fourth-order valence-electron chi connectivity index (χ4n) is 0.725. The van der Waals surface area contributed by atoms with E-state index in [0.29, 0.717) is 0 Å². The lowest BCUT2D eigenvalue weighted by Crippen LogP contribution is -2.25. The second-order valence-electron chi connectivity index (χ2n) is 2.58. The van der Waals surface area contributed by atoms with E-state index in [9.17, 15) is 0 Å². The molecule has 0 radical (unpaired) electrons. The Hall–Kier alpha value is 0.210. The molecule has 2 unspecified atom stereocenters. The molecule has 0 aromatic heterocycles. The minimum atomic E-state index is -1.28. The first kappa shape index (κ1) is 10.2. The molecule has 0 aromatic rings. The summed E-state index contributed by atoms with van der Waals surface area (Å²) in [5, 5.41) is 17.3. The van der Waals surface area contributed by atoms with Gasteiger partial charge in [0, 0.05) is 11.3 Å². The molecule has 10 heavy (non-hydrogen) atoms. The third-order valence-corrected chi connectivity index (χ3v) is 2.22. The molecule has 0 aliphatic heterocycles. The number of hydrogen-bond donors (Lipinski definition) is 2. The van der Waals surface area contributed by atoms with Crippen LogP contribution in [0.4, 0.5) is 0 Å². The van der Waals surface area contributed by atoms with E-state index in [-0.39, 0.29) is 11.3 Å². The van der Waals surface area contributed by atoms with Crippen LogP contribution in [-0.2, 0) is 0 Å². The maximum atomic E-state index is 8.69. The van der Waals surface area contributed by atoms with Crippen molar-refractivity contribution in [3.63, 3.8) is 0 Å². The highest BCUT2D eigenvalue weighted by Crippen LogP contribution is 2.17. The fraction of sp³-hybridized carbons (Fsp3) is 1.00. The van der Waals surface area contributed by atoms with Gasteiger partial charge in [-0.15, -0.1) is 11.6 Å². The smallest absolute Gasteiger partial charge is 0.155 e. The van der Waals surface area contributed by atoms with Gasteiger partial charge in [0.1, 0.15) is 0 Å². The van der Waals surface area contributed by atoms with Crippen molar-refractivity contribution < 1.29 is 10.2 Å². The van der Waals surface area contributed by atoms with Crippen LogP contribution in [0, 0.1) is 5.92 Å². The van der Waals surface area contributed by atoms with Gasteiger partial charge >= 0.3 is 0 Å². The van der Waals surface area contributed by atoms with Crippen LogP contribution >= 0.6 is 11.6 Å². The van der Waals surface area contributed by atoms with Gasteiger partial charge in [-0.3, -0.25) is 0 Å². The Kier molecular flexibility index (Phi) is 5.04. The lowest BCUT2D eigenvalue weighted by molar-refractivity contribution is -0.0794. The summed E-state index contributed by atoms with van der Waals surface area (Å²) in [6.45, 7) is 3.75. The van der Waals surface area contributed by atoms with E-state index in [1.165, 1.54) is 0 Å². The monoisotopic (exact) mass is 166 g/mol. The Labute approximate surface area is 66.8 Å². The maximum absolute atomic E-state index is 8.69. The Morgan fingerprint density at radius 2 is 1.90 bits per heavy atom. The molecule has 3 heteroatoms. The molecule has 0 aromatic carbocycles. The van der Waals surface area contributed by atoms with Crippen LogP contribution < -0.4 is 0 Å². The first-order chi connectivity index (χ1) is 4.59. The van der Waals surface area contributed by atoms with Crippen molar-refractivity contribution in [2.75, 3.05) is 0 Å². The van der Waals surface area contributed by atoms with E-state index in [1.807, 2.05) is 6.92 Å². The van der Waals surface area contributed by atoms with Gasteiger partial charge in [0.15, 0.2) is 6.29 Å². The van der Waals surface area contributed by atoms with Crippen molar-refractivity contribution in [3.8, 4) is 0 Å². The first-order valence-electron chi connectivity index (χ1n) is 3.59. The van der Waals surface area contributed by atoms with Gasteiger partial charge in [0.2, 0.25) is 0 Å². The Bertz CT molecular complexity index is 85.7. The zero-order valence-electron chi connectivity index (χ0n) is 6.42. The largest absolute Gasteiger partial charge is 0.368 e. The molecule has 0 bridgehead atoms. The summed E-state index contributed by atoms with van der Waals surface area (Å²) in [7, 11) is 0. The van der Waals surface area contributed by atoms with Crippen molar-refractivity contribution in [2.45, 2.75) is 38.4 Å². The van der Waals surface area contributed by atoms with Crippen LogP contribution in [0.15, 0.2) is 0 Å². The van der Waals surface area contributed by atoms with Gasteiger partial charge in [0.05, 0.1) is 0 Å². The molecule has 0 aliphatic rings. The summed E-state index contributed by atoms with van der Waals surface area (Å²) in [4.78, 5) is 0. The third-order valence-electron chi connectivity index (χ3n) is 1.61. The number of halogens is 1. The Morgan fingerprint density at radius 1 is 1.40 bits per heavy atom. The molecule has 2 atom stereocenters. The van der Waals surface area contributed by atoms with Gasteiger partial charge in [-0.05, 0) is 6.42 Å². The average Bonchev–Trinajstić information content (AvgIpc) is 1.87. The standard InChI is InChI=1S/C7H15ClO2/c1-3-4-6(8)5(2)7(9)10/h5-7,9-10H,3-4H2,1-2H3. The second kappa shape index (κ2) is 4.94. The number of rotatable bonds is 4. The van der Waals surface area contributed by atoms with Crippen LogP contribution in [0.1, 0.15) is 26.7 Å². The van der Waals surface area contributed by atoms with Crippen molar-refractivity contribution in [2.24, 2.45) is 5.92 Å². The predicted octanol–water partition coefficient (Wildman–Crippen LogP) is 1.34. The van der Waals surface area contributed by atoms with E-state index < -0.39 is 6.29 Å². The summed E-state index contributed by atoms with van der Waals surface area (Å²) in [6, 6.07) is 0. The van der Waals surface area contributed by atoms with Crippen LogP contribution in [0.5, 0.6) is 0 Å².